The van der Waals surface area contributed by atoms with Crippen molar-refractivity contribution in [1.29, 1.82) is 0 Å². The van der Waals surface area contributed by atoms with Crippen molar-refractivity contribution in [2.24, 2.45) is 5.92 Å². The molecular formula is C14H17BrFNO. The lowest BCUT2D eigenvalue weighted by atomic mass is 9.69. The van der Waals surface area contributed by atoms with Gasteiger partial charge in [-0.3, -0.25) is 4.79 Å². The Morgan fingerprint density at radius 1 is 1.44 bits per heavy atom. The normalized spacial score (nSPS) is 22.2. The molecule has 1 aromatic carbocycles. The highest BCUT2D eigenvalue weighted by atomic mass is 79.9. The van der Waals surface area contributed by atoms with Gasteiger partial charge in [0.1, 0.15) is 5.82 Å². The SMILES string of the molecule is CCCC1(C(C)C)C(=O)Nc2c(Br)cc(F)cc21. The van der Waals surface area contributed by atoms with E-state index in [1.165, 1.54) is 12.1 Å². The summed E-state index contributed by atoms with van der Waals surface area (Å²) in [6.07, 6.45) is 1.62. The van der Waals surface area contributed by atoms with Crippen molar-refractivity contribution < 1.29 is 9.18 Å². The van der Waals surface area contributed by atoms with Crippen molar-refractivity contribution in [2.45, 2.75) is 39.0 Å². The van der Waals surface area contributed by atoms with Gasteiger partial charge in [-0.15, -0.1) is 0 Å². The number of fused-ring (bicyclic) bond motifs is 1. The Bertz CT molecular complexity index is 501. The third-order valence-electron chi connectivity index (χ3n) is 3.81. The van der Waals surface area contributed by atoms with Gasteiger partial charge in [0.2, 0.25) is 5.91 Å². The highest BCUT2D eigenvalue weighted by Crippen LogP contribution is 2.48. The lowest BCUT2D eigenvalue weighted by Gasteiger charge is -2.31. The summed E-state index contributed by atoms with van der Waals surface area (Å²) in [6.45, 7) is 6.08. The van der Waals surface area contributed by atoms with Gasteiger partial charge < -0.3 is 5.32 Å². The Morgan fingerprint density at radius 3 is 2.67 bits per heavy atom. The van der Waals surface area contributed by atoms with Gasteiger partial charge in [-0.25, -0.2) is 4.39 Å². The lowest BCUT2D eigenvalue weighted by Crippen LogP contribution is -2.39. The zero-order chi connectivity index (χ0) is 13.5. The number of benzene rings is 1. The molecule has 0 fully saturated rings. The van der Waals surface area contributed by atoms with Crippen molar-refractivity contribution in [3.05, 3.63) is 28.0 Å². The maximum absolute atomic E-state index is 13.6. The molecule has 2 rings (SSSR count). The molecule has 1 atom stereocenters. The number of anilines is 1. The first-order valence-electron chi connectivity index (χ1n) is 6.24. The molecule has 1 aromatic rings. The first-order valence-corrected chi connectivity index (χ1v) is 7.03. The fourth-order valence-electron chi connectivity index (χ4n) is 2.90. The van der Waals surface area contributed by atoms with Crippen LogP contribution in [0.5, 0.6) is 0 Å². The van der Waals surface area contributed by atoms with Crippen LogP contribution in [0, 0.1) is 11.7 Å². The predicted octanol–water partition coefficient (Wildman–Crippen LogP) is 4.23. The molecule has 0 spiro atoms. The predicted molar refractivity (Wildman–Crippen MR) is 74.2 cm³/mol. The van der Waals surface area contributed by atoms with E-state index >= 15 is 0 Å². The number of carbonyl (C=O) groups excluding carboxylic acids is 1. The summed E-state index contributed by atoms with van der Waals surface area (Å²) in [7, 11) is 0. The largest absolute Gasteiger partial charge is 0.324 e. The second-order valence-electron chi connectivity index (χ2n) is 5.14. The minimum atomic E-state index is -0.602. The molecule has 1 N–H and O–H groups in total. The highest BCUT2D eigenvalue weighted by Gasteiger charge is 2.49. The summed E-state index contributed by atoms with van der Waals surface area (Å²) in [4.78, 5) is 12.4. The standard InChI is InChI=1S/C14H17BrFNO/c1-4-5-14(8(2)3)10-6-9(16)7-11(15)12(10)17-13(14)18/h6-8H,4-5H2,1-3H3,(H,17,18). The number of amides is 1. The van der Waals surface area contributed by atoms with Crippen LogP contribution in [0.4, 0.5) is 10.1 Å². The van der Waals surface area contributed by atoms with E-state index in [0.717, 1.165) is 24.1 Å². The molecule has 1 aliphatic heterocycles. The van der Waals surface area contributed by atoms with E-state index in [1.54, 1.807) is 0 Å². The summed E-state index contributed by atoms with van der Waals surface area (Å²) in [5.41, 5.74) is 0.911. The van der Waals surface area contributed by atoms with E-state index in [-0.39, 0.29) is 17.6 Å². The third-order valence-corrected chi connectivity index (χ3v) is 4.43. The molecule has 1 heterocycles. The molecule has 0 bridgehead atoms. The van der Waals surface area contributed by atoms with Gasteiger partial charge in [0.25, 0.3) is 0 Å². The monoisotopic (exact) mass is 313 g/mol. The molecule has 1 unspecified atom stereocenters. The van der Waals surface area contributed by atoms with E-state index in [1.807, 2.05) is 20.8 Å². The highest BCUT2D eigenvalue weighted by molar-refractivity contribution is 9.10. The summed E-state index contributed by atoms with van der Waals surface area (Å²) in [5, 5.41) is 2.90. The molecule has 98 valence electrons. The number of halogens is 2. The molecule has 0 radical (unpaired) electrons. The van der Waals surface area contributed by atoms with Gasteiger partial charge >= 0.3 is 0 Å². The topological polar surface area (TPSA) is 29.1 Å². The van der Waals surface area contributed by atoms with Crippen LogP contribution in [0.2, 0.25) is 0 Å². The Hall–Kier alpha value is -0.900. The Morgan fingerprint density at radius 2 is 2.11 bits per heavy atom. The van der Waals surface area contributed by atoms with Gasteiger partial charge in [0.05, 0.1) is 11.1 Å². The molecular weight excluding hydrogens is 297 g/mol. The average molecular weight is 314 g/mol. The van der Waals surface area contributed by atoms with Crippen LogP contribution < -0.4 is 5.32 Å². The number of rotatable bonds is 3. The van der Waals surface area contributed by atoms with E-state index < -0.39 is 5.41 Å². The molecule has 18 heavy (non-hydrogen) atoms. The van der Waals surface area contributed by atoms with Crippen LogP contribution in [0.3, 0.4) is 0 Å². The number of hydrogen-bond donors (Lipinski definition) is 1. The van der Waals surface area contributed by atoms with Crippen LogP contribution in [0.15, 0.2) is 16.6 Å². The lowest BCUT2D eigenvalue weighted by molar-refractivity contribution is -0.122. The Labute approximate surface area is 115 Å². The summed E-state index contributed by atoms with van der Waals surface area (Å²) in [5.74, 6) is -0.189. The van der Waals surface area contributed by atoms with Crippen molar-refractivity contribution >= 4 is 27.5 Å². The molecule has 4 heteroatoms. The van der Waals surface area contributed by atoms with Crippen molar-refractivity contribution in [1.82, 2.24) is 0 Å². The van der Waals surface area contributed by atoms with Gasteiger partial charge in [-0.05, 0) is 46.0 Å². The molecule has 1 aliphatic rings. The fourth-order valence-corrected chi connectivity index (χ4v) is 3.44. The van der Waals surface area contributed by atoms with Crippen molar-refractivity contribution in [2.75, 3.05) is 5.32 Å². The van der Waals surface area contributed by atoms with Crippen molar-refractivity contribution in [3.8, 4) is 0 Å². The van der Waals surface area contributed by atoms with E-state index in [9.17, 15) is 9.18 Å². The third kappa shape index (κ3) is 1.78. The van der Waals surface area contributed by atoms with Crippen LogP contribution in [0.1, 0.15) is 39.2 Å². The van der Waals surface area contributed by atoms with Crippen LogP contribution in [0.25, 0.3) is 0 Å². The van der Waals surface area contributed by atoms with Gasteiger partial charge in [-0.1, -0.05) is 27.2 Å². The van der Waals surface area contributed by atoms with E-state index in [4.69, 9.17) is 0 Å². The van der Waals surface area contributed by atoms with E-state index in [2.05, 4.69) is 21.2 Å². The van der Waals surface area contributed by atoms with Gasteiger partial charge in [-0.2, -0.15) is 0 Å². The number of nitrogens with one attached hydrogen (secondary N) is 1. The Balaban J connectivity index is 2.68. The average Bonchev–Trinajstić information content (AvgIpc) is 2.55. The first kappa shape index (κ1) is 13.5. The second-order valence-corrected chi connectivity index (χ2v) is 5.99. The molecule has 0 saturated carbocycles. The summed E-state index contributed by atoms with van der Waals surface area (Å²) in [6, 6.07) is 2.88. The molecule has 0 aliphatic carbocycles. The molecule has 1 amide bonds. The minimum Gasteiger partial charge on any atom is -0.324 e. The Kier molecular flexibility index (Phi) is 3.49. The molecule has 0 aromatic heterocycles. The van der Waals surface area contributed by atoms with Crippen LogP contribution in [-0.2, 0) is 10.2 Å². The summed E-state index contributed by atoms with van der Waals surface area (Å²) < 4.78 is 14.2. The maximum Gasteiger partial charge on any atom is 0.235 e. The second kappa shape index (κ2) is 4.65. The maximum atomic E-state index is 13.6. The first-order chi connectivity index (χ1) is 8.43. The van der Waals surface area contributed by atoms with E-state index in [0.29, 0.717) is 4.47 Å². The van der Waals surface area contributed by atoms with Crippen molar-refractivity contribution in [3.63, 3.8) is 0 Å². The minimum absolute atomic E-state index is 0.0133. The number of carbonyl (C=O) groups is 1. The van der Waals surface area contributed by atoms with Crippen LogP contribution in [-0.4, -0.2) is 5.91 Å². The van der Waals surface area contributed by atoms with Crippen LogP contribution >= 0.6 is 15.9 Å². The zero-order valence-electron chi connectivity index (χ0n) is 10.8. The quantitative estimate of drug-likeness (QED) is 0.888. The fraction of sp³-hybridized carbons (Fsp3) is 0.500. The van der Waals surface area contributed by atoms with Gasteiger partial charge in [0, 0.05) is 4.47 Å². The number of hydrogen-bond acceptors (Lipinski definition) is 1. The molecule has 0 saturated heterocycles. The summed E-state index contributed by atoms with van der Waals surface area (Å²) >= 11 is 3.32. The van der Waals surface area contributed by atoms with Gasteiger partial charge in [0.15, 0.2) is 0 Å². The smallest absolute Gasteiger partial charge is 0.235 e. The zero-order valence-corrected chi connectivity index (χ0v) is 12.4. The molecule has 2 nitrogen and oxygen atoms in total.